The van der Waals surface area contributed by atoms with Crippen LogP contribution in [0.3, 0.4) is 0 Å². The molecule has 2 aromatic carbocycles. The number of benzene rings is 2. The normalized spacial score (nSPS) is 10.9. The van der Waals surface area contributed by atoms with Gasteiger partial charge in [-0.2, -0.15) is 5.26 Å². The van der Waals surface area contributed by atoms with Crippen LogP contribution in [0.25, 0.3) is 28.0 Å². The lowest BCUT2D eigenvalue weighted by Gasteiger charge is -2.10. The first kappa shape index (κ1) is 23.8. The molecule has 2 aromatic heterocycles. The van der Waals surface area contributed by atoms with Crippen LogP contribution in [0.2, 0.25) is 15.1 Å². The molecular formula is C24H18Cl3N5O2. The van der Waals surface area contributed by atoms with E-state index in [1.165, 1.54) is 17.7 Å². The van der Waals surface area contributed by atoms with Crippen molar-refractivity contribution < 1.29 is 4.79 Å². The molecule has 2 heterocycles. The number of carbonyl (C=O) groups is 1. The molecule has 7 nitrogen and oxygen atoms in total. The molecule has 4 rings (SSSR count). The molecule has 0 atom stereocenters. The topological polar surface area (TPSA) is 92.7 Å². The number of nitrogens with zero attached hydrogens (tertiary/aromatic N) is 4. The molecular weight excluding hydrogens is 497 g/mol. The van der Waals surface area contributed by atoms with Crippen molar-refractivity contribution in [1.29, 1.82) is 5.26 Å². The standard InChI is InChI=1S/C24H18Cl3N5O2/c1-29-23(33)18-13-17-21(14-4-6-15(25)7-5-14)32(20-9-8-16(26)12-19(20)27)30-22(17)31(24(18)34)11-3-2-10-28/h4-9,12-13H,2-3,11H2,1H3,(H,29,33). The first-order chi connectivity index (χ1) is 16.3. The van der Waals surface area contributed by atoms with Gasteiger partial charge in [0.15, 0.2) is 5.65 Å². The molecule has 0 bridgehead atoms. The fourth-order valence-electron chi connectivity index (χ4n) is 3.73. The number of pyridine rings is 1. The van der Waals surface area contributed by atoms with Gasteiger partial charge < -0.3 is 5.32 Å². The highest BCUT2D eigenvalue weighted by molar-refractivity contribution is 6.35. The Balaban J connectivity index is 2.12. The number of aromatic nitrogens is 3. The predicted octanol–water partition coefficient (Wildman–Crippen LogP) is 5.48. The van der Waals surface area contributed by atoms with Crippen LogP contribution >= 0.6 is 34.8 Å². The molecule has 1 amide bonds. The lowest BCUT2D eigenvalue weighted by molar-refractivity contribution is 0.0961. The summed E-state index contributed by atoms with van der Waals surface area (Å²) in [6, 6.07) is 15.8. The van der Waals surface area contributed by atoms with Crippen LogP contribution in [0.4, 0.5) is 0 Å². The Labute approximate surface area is 210 Å². The quantitative estimate of drug-likeness (QED) is 0.345. The van der Waals surface area contributed by atoms with Gasteiger partial charge in [0, 0.05) is 41.0 Å². The number of aryl methyl sites for hydroxylation is 1. The van der Waals surface area contributed by atoms with Crippen molar-refractivity contribution in [1.82, 2.24) is 19.7 Å². The molecule has 0 saturated carbocycles. The van der Waals surface area contributed by atoms with E-state index in [1.807, 2.05) is 12.1 Å². The summed E-state index contributed by atoms with van der Waals surface area (Å²) in [6.45, 7) is 0.221. The molecule has 0 fully saturated rings. The summed E-state index contributed by atoms with van der Waals surface area (Å²) in [4.78, 5) is 25.8. The van der Waals surface area contributed by atoms with Crippen LogP contribution in [0.15, 0.2) is 53.3 Å². The Morgan fingerprint density at radius 1 is 1.09 bits per heavy atom. The number of unbranched alkanes of at least 4 members (excludes halogenated alkanes) is 1. The molecule has 1 N–H and O–H groups in total. The molecule has 10 heteroatoms. The number of hydrogen-bond acceptors (Lipinski definition) is 4. The number of hydrogen-bond donors (Lipinski definition) is 1. The molecule has 34 heavy (non-hydrogen) atoms. The lowest BCUT2D eigenvalue weighted by atomic mass is 10.1. The van der Waals surface area contributed by atoms with Gasteiger partial charge >= 0.3 is 0 Å². The Hall–Kier alpha value is -3.31. The van der Waals surface area contributed by atoms with E-state index >= 15 is 0 Å². The van der Waals surface area contributed by atoms with Crippen LogP contribution in [-0.2, 0) is 6.54 Å². The van der Waals surface area contributed by atoms with Crippen LogP contribution in [0.1, 0.15) is 23.2 Å². The molecule has 0 saturated heterocycles. The zero-order valence-electron chi connectivity index (χ0n) is 18.0. The van der Waals surface area contributed by atoms with Gasteiger partial charge in [-0.1, -0.05) is 46.9 Å². The first-order valence-electron chi connectivity index (χ1n) is 10.3. The SMILES string of the molecule is CNC(=O)c1cc2c(-c3ccc(Cl)cc3)n(-c3ccc(Cl)cc3Cl)nc2n(CCCC#N)c1=O. The number of nitriles is 1. The van der Waals surface area contributed by atoms with Gasteiger partial charge in [0.25, 0.3) is 11.5 Å². The molecule has 0 unspecified atom stereocenters. The first-order valence-corrected chi connectivity index (χ1v) is 11.5. The van der Waals surface area contributed by atoms with E-state index < -0.39 is 11.5 Å². The van der Waals surface area contributed by atoms with Crippen molar-refractivity contribution in [2.24, 2.45) is 0 Å². The Bertz CT molecular complexity index is 1500. The van der Waals surface area contributed by atoms with E-state index in [0.29, 0.717) is 43.9 Å². The van der Waals surface area contributed by atoms with E-state index in [4.69, 9.17) is 45.2 Å². The largest absolute Gasteiger partial charge is 0.355 e. The van der Waals surface area contributed by atoms with Crippen molar-refractivity contribution in [3.8, 4) is 23.0 Å². The second-order valence-electron chi connectivity index (χ2n) is 7.46. The molecule has 0 radical (unpaired) electrons. The average Bonchev–Trinajstić information content (AvgIpc) is 3.19. The third-order valence-corrected chi connectivity index (χ3v) is 6.11. The lowest BCUT2D eigenvalue weighted by Crippen LogP contribution is -2.31. The van der Waals surface area contributed by atoms with Crippen LogP contribution in [-0.4, -0.2) is 27.3 Å². The molecule has 4 aromatic rings. The molecule has 0 aliphatic carbocycles. The van der Waals surface area contributed by atoms with Gasteiger partial charge in [0.1, 0.15) is 5.56 Å². The molecule has 172 valence electrons. The summed E-state index contributed by atoms with van der Waals surface area (Å²) in [5.74, 6) is -0.514. The summed E-state index contributed by atoms with van der Waals surface area (Å²) in [6.07, 6.45) is 0.680. The zero-order chi connectivity index (χ0) is 24.4. The number of nitrogens with one attached hydrogen (secondary N) is 1. The second-order valence-corrected chi connectivity index (χ2v) is 8.74. The Morgan fingerprint density at radius 3 is 2.44 bits per heavy atom. The Kier molecular flexibility index (Phi) is 6.94. The molecule has 0 spiro atoms. The summed E-state index contributed by atoms with van der Waals surface area (Å²) in [7, 11) is 1.46. The highest BCUT2D eigenvalue weighted by atomic mass is 35.5. The van der Waals surface area contributed by atoms with E-state index in [0.717, 1.165) is 5.56 Å². The Morgan fingerprint density at radius 2 is 1.79 bits per heavy atom. The van der Waals surface area contributed by atoms with Crippen molar-refractivity contribution in [3.63, 3.8) is 0 Å². The van der Waals surface area contributed by atoms with Crippen molar-refractivity contribution in [2.75, 3.05) is 7.05 Å². The minimum atomic E-state index is -0.514. The number of rotatable bonds is 6. The van der Waals surface area contributed by atoms with Crippen molar-refractivity contribution >= 4 is 51.7 Å². The van der Waals surface area contributed by atoms with Gasteiger partial charge in [-0.15, -0.1) is 5.10 Å². The van der Waals surface area contributed by atoms with Gasteiger partial charge in [-0.25, -0.2) is 4.68 Å². The highest BCUT2D eigenvalue weighted by Gasteiger charge is 2.23. The van der Waals surface area contributed by atoms with E-state index in [-0.39, 0.29) is 18.5 Å². The van der Waals surface area contributed by atoms with Crippen LogP contribution in [0, 0.1) is 11.3 Å². The third kappa shape index (κ3) is 4.40. The van der Waals surface area contributed by atoms with Crippen molar-refractivity contribution in [3.05, 3.63) is 79.5 Å². The molecule has 0 aliphatic heterocycles. The predicted molar refractivity (Wildman–Crippen MR) is 134 cm³/mol. The fourth-order valence-corrected chi connectivity index (χ4v) is 4.35. The number of amides is 1. The monoisotopic (exact) mass is 513 g/mol. The van der Waals surface area contributed by atoms with E-state index in [9.17, 15) is 9.59 Å². The minimum absolute atomic E-state index is 0.0241. The number of halogens is 3. The smallest absolute Gasteiger partial charge is 0.265 e. The average molecular weight is 515 g/mol. The van der Waals surface area contributed by atoms with E-state index in [1.54, 1.807) is 35.0 Å². The maximum atomic E-state index is 13.2. The van der Waals surface area contributed by atoms with E-state index in [2.05, 4.69) is 11.4 Å². The highest BCUT2D eigenvalue weighted by Crippen LogP contribution is 2.35. The van der Waals surface area contributed by atoms with Gasteiger partial charge in [0.2, 0.25) is 0 Å². The van der Waals surface area contributed by atoms with Crippen LogP contribution < -0.4 is 10.9 Å². The third-order valence-electron chi connectivity index (χ3n) is 5.32. The van der Waals surface area contributed by atoms with Crippen molar-refractivity contribution in [2.45, 2.75) is 19.4 Å². The van der Waals surface area contributed by atoms with Crippen LogP contribution in [0.5, 0.6) is 0 Å². The zero-order valence-corrected chi connectivity index (χ0v) is 20.2. The summed E-state index contributed by atoms with van der Waals surface area (Å²) in [5, 5.41) is 18.2. The molecule has 0 aliphatic rings. The summed E-state index contributed by atoms with van der Waals surface area (Å²) >= 11 is 18.7. The summed E-state index contributed by atoms with van der Waals surface area (Å²) in [5.41, 5.74) is 1.78. The number of carbonyl (C=O) groups excluding carboxylic acids is 1. The fraction of sp³-hybridized carbons (Fsp3) is 0.167. The van der Waals surface area contributed by atoms with Gasteiger partial charge in [0.05, 0.1) is 22.5 Å². The maximum Gasteiger partial charge on any atom is 0.265 e. The minimum Gasteiger partial charge on any atom is -0.355 e. The van der Waals surface area contributed by atoms with Gasteiger partial charge in [-0.05, 0) is 42.8 Å². The number of fused-ring (bicyclic) bond motifs is 1. The second kappa shape index (κ2) is 9.90. The maximum absolute atomic E-state index is 13.2. The van der Waals surface area contributed by atoms with Gasteiger partial charge in [-0.3, -0.25) is 14.2 Å². The summed E-state index contributed by atoms with van der Waals surface area (Å²) < 4.78 is 3.05.